The van der Waals surface area contributed by atoms with E-state index in [4.69, 9.17) is 4.74 Å². The van der Waals surface area contributed by atoms with Crippen LogP contribution in [0.3, 0.4) is 0 Å². The van der Waals surface area contributed by atoms with E-state index in [1.165, 1.54) is 24.3 Å². The number of carbonyl (C=O) groups is 1. The van der Waals surface area contributed by atoms with Gasteiger partial charge in [-0.1, -0.05) is 0 Å². The van der Waals surface area contributed by atoms with Gasteiger partial charge in [0.25, 0.3) is 0 Å². The van der Waals surface area contributed by atoms with Crippen LogP contribution in [0.2, 0.25) is 0 Å². The van der Waals surface area contributed by atoms with Crippen LogP contribution in [0.5, 0.6) is 5.75 Å². The third-order valence-electron chi connectivity index (χ3n) is 3.43. The Labute approximate surface area is 124 Å². The van der Waals surface area contributed by atoms with Crippen LogP contribution in [0.1, 0.15) is 12.8 Å². The molecule has 110 valence electrons. The molecule has 0 aromatic heterocycles. The Morgan fingerprint density at radius 3 is 2.65 bits per heavy atom. The number of benzene rings is 1. The summed E-state index contributed by atoms with van der Waals surface area (Å²) < 4.78 is 5.08. The maximum atomic E-state index is 11.8. The van der Waals surface area contributed by atoms with Gasteiger partial charge in [0.05, 0.1) is 13.7 Å². The summed E-state index contributed by atoms with van der Waals surface area (Å²) in [7, 11) is 1.63. The quantitative estimate of drug-likeness (QED) is 0.846. The van der Waals surface area contributed by atoms with Crippen LogP contribution in [0.25, 0.3) is 0 Å². The number of hydrogen-bond donors (Lipinski definition) is 2. The van der Waals surface area contributed by atoms with Gasteiger partial charge in [-0.2, -0.15) is 11.8 Å². The first kappa shape index (κ1) is 15.2. The summed E-state index contributed by atoms with van der Waals surface area (Å²) in [4.78, 5) is 11.8. The van der Waals surface area contributed by atoms with Gasteiger partial charge < -0.3 is 15.4 Å². The molecule has 0 spiro atoms. The van der Waals surface area contributed by atoms with E-state index < -0.39 is 0 Å². The molecule has 1 amide bonds. The van der Waals surface area contributed by atoms with Crippen molar-refractivity contribution in [3.05, 3.63) is 24.3 Å². The lowest BCUT2D eigenvalue weighted by Crippen LogP contribution is -2.32. The van der Waals surface area contributed by atoms with Gasteiger partial charge in [-0.25, -0.2) is 0 Å². The summed E-state index contributed by atoms with van der Waals surface area (Å²) in [6.45, 7) is 1.31. The van der Waals surface area contributed by atoms with Gasteiger partial charge in [0.15, 0.2) is 0 Å². The molecule has 1 aromatic rings. The minimum absolute atomic E-state index is 0.000325. The molecule has 4 nitrogen and oxygen atoms in total. The Morgan fingerprint density at radius 2 is 2.00 bits per heavy atom. The van der Waals surface area contributed by atoms with Crippen molar-refractivity contribution in [2.75, 3.05) is 37.0 Å². The highest BCUT2D eigenvalue weighted by Crippen LogP contribution is 2.21. The lowest BCUT2D eigenvalue weighted by Gasteiger charge is -2.21. The normalized spacial score (nSPS) is 15.8. The molecule has 1 heterocycles. The van der Waals surface area contributed by atoms with Gasteiger partial charge in [-0.05, 0) is 61.1 Å². The van der Waals surface area contributed by atoms with E-state index in [9.17, 15) is 4.79 Å². The number of amides is 1. The number of anilines is 1. The molecule has 0 atom stereocenters. The molecule has 20 heavy (non-hydrogen) atoms. The number of nitrogens with one attached hydrogen (secondary N) is 2. The van der Waals surface area contributed by atoms with E-state index in [1.54, 1.807) is 7.11 Å². The van der Waals surface area contributed by atoms with Crippen molar-refractivity contribution in [3.8, 4) is 5.75 Å². The molecular weight excluding hydrogens is 272 g/mol. The van der Waals surface area contributed by atoms with Crippen LogP contribution in [-0.2, 0) is 4.79 Å². The Bertz CT molecular complexity index is 416. The Balaban J connectivity index is 1.66. The van der Waals surface area contributed by atoms with E-state index in [0.29, 0.717) is 6.54 Å². The summed E-state index contributed by atoms with van der Waals surface area (Å²) in [6.07, 6.45) is 2.52. The number of ether oxygens (including phenoxy) is 1. The summed E-state index contributed by atoms with van der Waals surface area (Å²) in [5.74, 6) is 4.02. The van der Waals surface area contributed by atoms with Crippen LogP contribution >= 0.6 is 11.8 Å². The zero-order valence-electron chi connectivity index (χ0n) is 11.9. The van der Waals surface area contributed by atoms with Crippen molar-refractivity contribution in [2.45, 2.75) is 12.8 Å². The number of rotatable bonds is 6. The largest absolute Gasteiger partial charge is 0.497 e. The van der Waals surface area contributed by atoms with Crippen LogP contribution < -0.4 is 15.4 Å². The molecule has 0 unspecified atom stereocenters. The SMILES string of the molecule is COc1ccc(NC(=O)CNCC2CCSCC2)cc1. The Morgan fingerprint density at radius 1 is 1.30 bits per heavy atom. The molecule has 1 aliphatic rings. The molecule has 0 saturated carbocycles. The van der Waals surface area contributed by atoms with Gasteiger partial charge in [0.2, 0.25) is 5.91 Å². The maximum absolute atomic E-state index is 11.8. The Hall–Kier alpha value is -1.20. The minimum Gasteiger partial charge on any atom is -0.497 e. The molecule has 1 fully saturated rings. The highest BCUT2D eigenvalue weighted by Gasteiger charge is 2.13. The number of hydrogen-bond acceptors (Lipinski definition) is 4. The first-order valence-electron chi connectivity index (χ1n) is 7.00. The summed E-state index contributed by atoms with van der Waals surface area (Å²) in [5.41, 5.74) is 0.798. The van der Waals surface area contributed by atoms with Crippen LogP contribution in [0.4, 0.5) is 5.69 Å². The van der Waals surface area contributed by atoms with E-state index >= 15 is 0 Å². The lowest BCUT2D eigenvalue weighted by atomic mass is 10.0. The average Bonchev–Trinajstić information content (AvgIpc) is 2.49. The van der Waals surface area contributed by atoms with E-state index in [0.717, 1.165) is 23.9 Å². The third kappa shape index (κ3) is 5.06. The van der Waals surface area contributed by atoms with Gasteiger partial charge >= 0.3 is 0 Å². The van der Waals surface area contributed by atoms with Crippen LogP contribution in [-0.4, -0.2) is 37.6 Å². The van der Waals surface area contributed by atoms with Gasteiger partial charge in [-0.3, -0.25) is 4.79 Å². The number of carbonyl (C=O) groups excluding carboxylic acids is 1. The first-order valence-corrected chi connectivity index (χ1v) is 8.16. The topological polar surface area (TPSA) is 50.4 Å². The van der Waals surface area contributed by atoms with Crippen molar-refractivity contribution in [1.29, 1.82) is 0 Å². The number of thioether (sulfide) groups is 1. The second kappa shape index (κ2) is 8.17. The molecule has 5 heteroatoms. The zero-order chi connectivity index (χ0) is 14.2. The van der Waals surface area contributed by atoms with Crippen molar-refractivity contribution < 1.29 is 9.53 Å². The standard InChI is InChI=1S/C15H22N2O2S/c1-19-14-4-2-13(3-5-14)17-15(18)11-16-10-12-6-8-20-9-7-12/h2-5,12,16H,6-11H2,1H3,(H,17,18). The highest BCUT2D eigenvalue weighted by molar-refractivity contribution is 7.99. The smallest absolute Gasteiger partial charge is 0.238 e. The molecule has 1 aliphatic heterocycles. The first-order chi connectivity index (χ1) is 9.78. The predicted molar refractivity (Wildman–Crippen MR) is 84.5 cm³/mol. The highest BCUT2D eigenvalue weighted by atomic mass is 32.2. The fourth-order valence-corrected chi connectivity index (χ4v) is 3.42. The predicted octanol–water partition coefficient (Wildman–Crippen LogP) is 2.37. The molecule has 0 bridgehead atoms. The zero-order valence-corrected chi connectivity index (χ0v) is 12.7. The Kier molecular flexibility index (Phi) is 6.21. The van der Waals surface area contributed by atoms with Crippen molar-refractivity contribution in [3.63, 3.8) is 0 Å². The minimum atomic E-state index is 0.000325. The fourth-order valence-electron chi connectivity index (χ4n) is 2.22. The van der Waals surface area contributed by atoms with Crippen LogP contribution in [0, 0.1) is 5.92 Å². The monoisotopic (exact) mass is 294 g/mol. The third-order valence-corrected chi connectivity index (χ3v) is 4.48. The fraction of sp³-hybridized carbons (Fsp3) is 0.533. The van der Waals surface area contributed by atoms with E-state index in [2.05, 4.69) is 10.6 Å². The summed E-state index contributed by atoms with van der Waals surface area (Å²) in [6, 6.07) is 7.36. The van der Waals surface area contributed by atoms with Gasteiger partial charge in [0.1, 0.15) is 5.75 Å². The van der Waals surface area contributed by atoms with Crippen molar-refractivity contribution in [2.24, 2.45) is 5.92 Å². The van der Waals surface area contributed by atoms with Gasteiger partial charge in [-0.15, -0.1) is 0 Å². The molecule has 2 rings (SSSR count). The van der Waals surface area contributed by atoms with E-state index in [-0.39, 0.29) is 5.91 Å². The average molecular weight is 294 g/mol. The van der Waals surface area contributed by atoms with Crippen molar-refractivity contribution >= 4 is 23.4 Å². The lowest BCUT2D eigenvalue weighted by molar-refractivity contribution is -0.115. The second-order valence-corrected chi connectivity index (χ2v) is 6.19. The number of methoxy groups -OCH3 is 1. The summed E-state index contributed by atoms with van der Waals surface area (Å²) >= 11 is 2.03. The van der Waals surface area contributed by atoms with Crippen molar-refractivity contribution in [1.82, 2.24) is 5.32 Å². The molecule has 2 N–H and O–H groups in total. The van der Waals surface area contributed by atoms with E-state index in [1.807, 2.05) is 36.0 Å². The van der Waals surface area contributed by atoms with Gasteiger partial charge in [0, 0.05) is 5.69 Å². The summed E-state index contributed by atoms with van der Waals surface area (Å²) in [5, 5.41) is 6.12. The molecule has 0 aliphatic carbocycles. The maximum Gasteiger partial charge on any atom is 0.238 e. The molecule has 1 aromatic carbocycles. The molecular formula is C15H22N2O2S. The molecule has 1 saturated heterocycles. The second-order valence-electron chi connectivity index (χ2n) is 4.96. The molecule has 0 radical (unpaired) electrons. The van der Waals surface area contributed by atoms with Crippen LogP contribution in [0.15, 0.2) is 24.3 Å².